The fourth-order valence-corrected chi connectivity index (χ4v) is 1.83. The average molecular weight is 224 g/mol. The van der Waals surface area contributed by atoms with Crippen LogP contribution in [0.4, 0.5) is 0 Å². The van der Waals surface area contributed by atoms with E-state index in [0.717, 1.165) is 13.0 Å². The number of amides is 1. The maximum atomic E-state index is 11.5. The lowest BCUT2D eigenvalue weighted by molar-refractivity contribution is 0.0939. The van der Waals surface area contributed by atoms with Crippen molar-refractivity contribution in [2.45, 2.75) is 32.2 Å². The monoisotopic (exact) mass is 224 g/mol. The predicted molar refractivity (Wildman–Crippen MR) is 57.0 cm³/mol. The van der Waals surface area contributed by atoms with Gasteiger partial charge in [-0.1, -0.05) is 5.16 Å². The van der Waals surface area contributed by atoms with E-state index in [1.807, 2.05) is 0 Å². The van der Waals surface area contributed by atoms with Crippen LogP contribution in [0.1, 0.15) is 35.8 Å². The Morgan fingerprint density at radius 2 is 2.56 bits per heavy atom. The van der Waals surface area contributed by atoms with Crippen LogP contribution < -0.4 is 10.6 Å². The van der Waals surface area contributed by atoms with Gasteiger partial charge in [0.2, 0.25) is 5.89 Å². The summed E-state index contributed by atoms with van der Waals surface area (Å²) in [7, 11) is 0. The second kappa shape index (κ2) is 5.07. The van der Waals surface area contributed by atoms with Crippen LogP contribution in [0.15, 0.2) is 4.52 Å². The van der Waals surface area contributed by atoms with E-state index in [-0.39, 0.29) is 11.7 Å². The van der Waals surface area contributed by atoms with Gasteiger partial charge in [0.1, 0.15) is 0 Å². The maximum absolute atomic E-state index is 11.5. The van der Waals surface area contributed by atoms with E-state index >= 15 is 0 Å². The van der Waals surface area contributed by atoms with Gasteiger partial charge in [-0.3, -0.25) is 4.79 Å². The molecule has 1 aliphatic rings. The summed E-state index contributed by atoms with van der Waals surface area (Å²) >= 11 is 0. The fourth-order valence-electron chi connectivity index (χ4n) is 1.83. The molecule has 1 amide bonds. The maximum Gasteiger partial charge on any atom is 0.292 e. The molecule has 0 bridgehead atoms. The molecule has 1 atom stereocenters. The molecule has 6 heteroatoms. The van der Waals surface area contributed by atoms with Gasteiger partial charge in [-0.15, -0.1) is 0 Å². The van der Waals surface area contributed by atoms with Crippen molar-refractivity contribution in [3.8, 4) is 0 Å². The zero-order valence-corrected chi connectivity index (χ0v) is 9.32. The Morgan fingerprint density at radius 1 is 1.69 bits per heavy atom. The Hall–Kier alpha value is -1.43. The lowest BCUT2D eigenvalue weighted by atomic mass is 10.1. The van der Waals surface area contributed by atoms with E-state index < -0.39 is 0 Å². The highest BCUT2D eigenvalue weighted by Crippen LogP contribution is 2.07. The molecule has 0 aromatic carbocycles. The molecule has 0 spiro atoms. The van der Waals surface area contributed by atoms with Gasteiger partial charge in [0.05, 0.1) is 0 Å². The summed E-state index contributed by atoms with van der Waals surface area (Å²) in [6.45, 7) is 3.39. The minimum atomic E-state index is -0.269. The molecule has 2 heterocycles. The molecule has 1 unspecified atom stereocenters. The van der Waals surface area contributed by atoms with Crippen molar-refractivity contribution in [2.75, 3.05) is 13.1 Å². The van der Waals surface area contributed by atoms with Crippen LogP contribution in [-0.2, 0) is 0 Å². The summed E-state index contributed by atoms with van der Waals surface area (Å²) in [5.74, 6) is 0.245. The molecule has 2 rings (SSSR count). The molecule has 0 saturated carbocycles. The Bertz CT molecular complexity index is 357. The molecule has 1 aromatic heterocycles. The largest absolute Gasteiger partial charge is 0.349 e. The van der Waals surface area contributed by atoms with E-state index in [4.69, 9.17) is 4.52 Å². The number of carbonyl (C=O) groups excluding carboxylic acids is 1. The van der Waals surface area contributed by atoms with Crippen LogP contribution in [-0.4, -0.2) is 35.2 Å². The van der Waals surface area contributed by atoms with Gasteiger partial charge in [-0.05, 0) is 25.8 Å². The van der Waals surface area contributed by atoms with Gasteiger partial charge < -0.3 is 15.2 Å². The molecular formula is C10H16N4O2. The topological polar surface area (TPSA) is 80.0 Å². The molecule has 0 radical (unpaired) electrons. The standard InChI is InChI=1S/C10H16N4O2/c1-7-13-9(14-16-7)10(15)12-6-4-8-3-2-5-11-8/h8,11H,2-6H2,1H3,(H,12,15). The van der Waals surface area contributed by atoms with Gasteiger partial charge in [0.15, 0.2) is 0 Å². The van der Waals surface area contributed by atoms with Gasteiger partial charge in [0.25, 0.3) is 11.7 Å². The number of nitrogens with one attached hydrogen (secondary N) is 2. The van der Waals surface area contributed by atoms with Gasteiger partial charge in [0, 0.05) is 19.5 Å². The summed E-state index contributed by atoms with van der Waals surface area (Å²) in [5.41, 5.74) is 0. The van der Waals surface area contributed by atoms with Gasteiger partial charge in [-0.25, -0.2) is 0 Å². The molecule has 1 aromatic rings. The lowest BCUT2D eigenvalue weighted by Crippen LogP contribution is -2.31. The van der Waals surface area contributed by atoms with Crippen molar-refractivity contribution in [1.82, 2.24) is 20.8 Å². The molecule has 0 aliphatic carbocycles. The first-order valence-electron chi connectivity index (χ1n) is 5.57. The number of aryl methyl sites for hydroxylation is 1. The van der Waals surface area contributed by atoms with Gasteiger partial charge in [-0.2, -0.15) is 4.98 Å². The summed E-state index contributed by atoms with van der Waals surface area (Å²) in [5, 5.41) is 9.70. The summed E-state index contributed by atoms with van der Waals surface area (Å²) < 4.78 is 4.73. The van der Waals surface area contributed by atoms with E-state index in [1.54, 1.807) is 6.92 Å². The first-order chi connectivity index (χ1) is 7.75. The van der Waals surface area contributed by atoms with Crippen molar-refractivity contribution in [3.63, 3.8) is 0 Å². The number of aromatic nitrogens is 2. The fraction of sp³-hybridized carbons (Fsp3) is 0.700. The number of hydrogen-bond donors (Lipinski definition) is 2. The Balaban J connectivity index is 1.71. The lowest BCUT2D eigenvalue weighted by Gasteiger charge is -2.09. The van der Waals surface area contributed by atoms with Crippen LogP contribution in [0.2, 0.25) is 0 Å². The number of carbonyl (C=O) groups is 1. The molecular weight excluding hydrogens is 208 g/mol. The molecule has 88 valence electrons. The molecule has 16 heavy (non-hydrogen) atoms. The first-order valence-corrected chi connectivity index (χ1v) is 5.57. The Morgan fingerprint density at radius 3 is 3.19 bits per heavy atom. The zero-order valence-electron chi connectivity index (χ0n) is 9.32. The molecule has 6 nitrogen and oxygen atoms in total. The predicted octanol–water partition coefficient (Wildman–Crippen LogP) is 0.250. The van der Waals surface area contributed by atoms with E-state index in [1.165, 1.54) is 12.8 Å². The van der Waals surface area contributed by atoms with Crippen molar-refractivity contribution in [3.05, 3.63) is 11.7 Å². The molecule has 1 saturated heterocycles. The van der Waals surface area contributed by atoms with E-state index in [2.05, 4.69) is 20.8 Å². The molecule has 1 fully saturated rings. The molecule has 2 N–H and O–H groups in total. The molecule has 1 aliphatic heterocycles. The number of rotatable bonds is 4. The van der Waals surface area contributed by atoms with Gasteiger partial charge >= 0.3 is 0 Å². The first kappa shape index (κ1) is 11.1. The number of hydrogen-bond acceptors (Lipinski definition) is 5. The van der Waals surface area contributed by atoms with E-state index in [0.29, 0.717) is 18.5 Å². The third-order valence-electron chi connectivity index (χ3n) is 2.67. The van der Waals surface area contributed by atoms with Crippen molar-refractivity contribution < 1.29 is 9.32 Å². The minimum absolute atomic E-state index is 0.108. The number of nitrogens with zero attached hydrogens (tertiary/aromatic N) is 2. The zero-order chi connectivity index (χ0) is 11.4. The SMILES string of the molecule is Cc1nc(C(=O)NCCC2CCCN2)no1. The minimum Gasteiger partial charge on any atom is -0.349 e. The van der Waals surface area contributed by atoms with Crippen LogP contribution in [0.25, 0.3) is 0 Å². The van der Waals surface area contributed by atoms with Crippen LogP contribution in [0, 0.1) is 6.92 Å². The Labute approximate surface area is 93.8 Å². The summed E-state index contributed by atoms with van der Waals surface area (Å²) in [6, 6.07) is 0.535. The highest BCUT2D eigenvalue weighted by molar-refractivity contribution is 5.90. The smallest absolute Gasteiger partial charge is 0.292 e. The van der Waals surface area contributed by atoms with Crippen LogP contribution in [0.3, 0.4) is 0 Å². The highest BCUT2D eigenvalue weighted by Gasteiger charge is 2.15. The summed E-state index contributed by atoms with van der Waals surface area (Å²) in [6.07, 6.45) is 3.36. The van der Waals surface area contributed by atoms with Crippen molar-refractivity contribution in [2.24, 2.45) is 0 Å². The van der Waals surface area contributed by atoms with Crippen LogP contribution in [0.5, 0.6) is 0 Å². The third kappa shape index (κ3) is 2.79. The second-order valence-corrected chi connectivity index (χ2v) is 3.97. The van der Waals surface area contributed by atoms with Crippen molar-refractivity contribution >= 4 is 5.91 Å². The third-order valence-corrected chi connectivity index (χ3v) is 2.67. The van der Waals surface area contributed by atoms with Crippen LogP contribution >= 0.6 is 0 Å². The quantitative estimate of drug-likeness (QED) is 0.766. The summed E-state index contributed by atoms with van der Waals surface area (Å²) in [4.78, 5) is 15.4. The average Bonchev–Trinajstić information content (AvgIpc) is 2.89. The normalized spacial score (nSPS) is 19.9. The second-order valence-electron chi connectivity index (χ2n) is 3.97. The van der Waals surface area contributed by atoms with Crippen molar-refractivity contribution in [1.29, 1.82) is 0 Å². The Kier molecular flexibility index (Phi) is 3.51. The van der Waals surface area contributed by atoms with E-state index in [9.17, 15) is 4.79 Å². The highest BCUT2D eigenvalue weighted by atomic mass is 16.5.